The van der Waals surface area contributed by atoms with Crippen LogP contribution in [0.1, 0.15) is 37.3 Å². The predicted octanol–water partition coefficient (Wildman–Crippen LogP) is 3.02. The van der Waals surface area contributed by atoms with E-state index in [-0.39, 0.29) is 21.0 Å². The minimum absolute atomic E-state index is 0.317. The fourth-order valence-electron chi connectivity index (χ4n) is 1.95. The third kappa shape index (κ3) is 2.13. The molecule has 0 atom stereocenters. The van der Waals surface area contributed by atoms with Gasteiger partial charge in [0.2, 0.25) is 5.88 Å². The lowest BCUT2D eigenvalue weighted by Crippen LogP contribution is -2.13. The fourth-order valence-corrected chi connectivity index (χ4v) is 3.30. The summed E-state index contributed by atoms with van der Waals surface area (Å²) in [5, 5.41) is 3.95. The van der Waals surface area contributed by atoms with Gasteiger partial charge in [-0.3, -0.25) is 3.56 Å². The van der Waals surface area contributed by atoms with Crippen LogP contribution in [0.5, 0.6) is 0 Å². The van der Waals surface area contributed by atoms with Crippen LogP contribution in [-0.4, -0.2) is 9.08 Å². The van der Waals surface area contributed by atoms with Gasteiger partial charge in [-0.25, -0.2) is 0 Å². The highest BCUT2D eigenvalue weighted by atomic mass is 127. The molecule has 0 bridgehead atoms. The highest BCUT2D eigenvalue weighted by Crippen LogP contribution is 2.37. The Bertz CT molecular complexity index is 318. The van der Waals surface area contributed by atoms with Gasteiger partial charge < -0.3 is 10.3 Å². The van der Waals surface area contributed by atoms with E-state index in [1.807, 2.05) is 6.07 Å². The largest absolute Gasteiger partial charge is 0.368 e. The van der Waals surface area contributed by atoms with Crippen molar-refractivity contribution in [3.8, 4) is 0 Å². The molecule has 1 heterocycles. The monoisotopic (exact) mass is 307 g/mol. The lowest BCUT2D eigenvalue weighted by atomic mass is 9.87. The molecule has 1 saturated carbocycles. The summed E-state index contributed by atoms with van der Waals surface area (Å²) in [5.41, 5.74) is 6.49. The maximum absolute atomic E-state index is 7.43. The smallest absolute Gasteiger partial charge is 0.222 e. The Kier molecular flexibility index (Phi) is 3.15. The number of aromatic nitrogens is 1. The first-order valence-corrected chi connectivity index (χ1v) is 7.13. The third-order valence-corrected chi connectivity index (χ3v) is 4.90. The zero-order valence-electron chi connectivity index (χ0n) is 7.87. The first kappa shape index (κ1) is 10.1. The molecule has 3 N–H and O–H groups in total. The van der Waals surface area contributed by atoms with Gasteiger partial charge in [-0.1, -0.05) is 5.16 Å². The van der Waals surface area contributed by atoms with Crippen molar-refractivity contribution in [2.24, 2.45) is 0 Å². The number of hydrogen-bond donors (Lipinski definition) is 2. The maximum atomic E-state index is 7.43. The summed E-state index contributed by atoms with van der Waals surface area (Å²) in [5.74, 6) is 0.929. The second kappa shape index (κ2) is 4.37. The summed E-state index contributed by atoms with van der Waals surface area (Å²) in [4.78, 5) is 0. The fraction of sp³-hybridized carbons (Fsp3) is 0.667. The number of alkyl halides is 1. The van der Waals surface area contributed by atoms with Crippen molar-refractivity contribution in [1.82, 2.24) is 5.16 Å². The Morgan fingerprint density at radius 3 is 2.64 bits per heavy atom. The van der Waals surface area contributed by atoms with Crippen LogP contribution in [0.4, 0.5) is 5.88 Å². The molecular formula is C9H14IN3O. The van der Waals surface area contributed by atoms with Crippen LogP contribution in [0.2, 0.25) is 0 Å². The standard InChI is InChI=1S/C9H14IN3O/c11-9-5-8(13-14-9)6-1-3-7(10-12)4-2-6/h5-7,12H,1-4,11H2. The van der Waals surface area contributed by atoms with Crippen molar-refractivity contribution in [3.05, 3.63) is 11.8 Å². The van der Waals surface area contributed by atoms with E-state index in [9.17, 15) is 0 Å². The van der Waals surface area contributed by atoms with Crippen LogP contribution in [-0.2, 0) is 0 Å². The maximum Gasteiger partial charge on any atom is 0.222 e. The predicted molar refractivity (Wildman–Crippen MR) is 62.7 cm³/mol. The molecule has 0 amide bonds. The molecule has 0 unspecified atom stereocenters. The van der Waals surface area contributed by atoms with Gasteiger partial charge in [0.05, 0.1) is 5.69 Å². The first-order chi connectivity index (χ1) is 6.79. The molecule has 1 aliphatic rings. The van der Waals surface area contributed by atoms with E-state index in [0.717, 1.165) is 18.5 Å². The van der Waals surface area contributed by atoms with Crippen molar-refractivity contribution < 1.29 is 4.52 Å². The normalized spacial score (nSPS) is 27.7. The number of halogens is 1. The zero-order chi connectivity index (χ0) is 9.97. The van der Waals surface area contributed by atoms with Gasteiger partial charge in [0.1, 0.15) is 0 Å². The zero-order valence-corrected chi connectivity index (χ0v) is 10.0. The van der Waals surface area contributed by atoms with Crippen LogP contribution in [0, 0.1) is 3.56 Å². The average Bonchev–Trinajstić information content (AvgIpc) is 2.65. The Balaban J connectivity index is 1.98. The first-order valence-electron chi connectivity index (χ1n) is 4.81. The van der Waals surface area contributed by atoms with Gasteiger partial charge in [0, 0.05) is 15.9 Å². The summed E-state index contributed by atoms with van der Waals surface area (Å²) < 4.78 is 13.0. The molecule has 0 aliphatic heterocycles. The van der Waals surface area contributed by atoms with E-state index in [2.05, 4.69) is 5.16 Å². The molecule has 1 fully saturated rings. The molecule has 1 aromatic rings. The Morgan fingerprint density at radius 2 is 2.14 bits per heavy atom. The highest BCUT2D eigenvalue weighted by molar-refractivity contribution is 14.1. The molecule has 2 rings (SSSR count). The van der Waals surface area contributed by atoms with Gasteiger partial charge >= 0.3 is 0 Å². The summed E-state index contributed by atoms with van der Waals surface area (Å²) in [6.07, 6.45) is 4.67. The number of nitrogen functional groups attached to an aromatic ring is 1. The molecule has 14 heavy (non-hydrogen) atoms. The van der Waals surface area contributed by atoms with E-state index in [4.69, 9.17) is 13.8 Å². The quantitative estimate of drug-likeness (QED) is 0.651. The van der Waals surface area contributed by atoms with Crippen LogP contribution in [0.15, 0.2) is 10.6 Å². The van der Waals surface area contributed by atoms with E-state index in [1.165, 1.54) is 12.8 Å². The molecule has 0 radical (unpaired) electrons. The van der Waals surface area contributed by atoms with Crippen molar-refractivity contribution >= 4 is 26.9 Å². The van der Waals surface area contributed by atoms with Crippen LogP contribution < -0.4 is 5.73 Å². The van der Waals surface area contributed by atoms with Crippen molar-refractivity contribution in [1.29, 1.82) is 3.56 Å². The van der Waals surface area contributed by atoms with Gasteiger partial charge in [-0.15, -0.1) is 0 Å². The minimum Gasteiger partial charge on any atom is -0.368 e. The molecule has 0 aromatic carbocycles. The van der Waals surface area contributed by atoms with Gasteiger partial charge in [0.15, 0.2) is 0 Å². The topological polar surface area (TPSA) is 75.9 Å². The van der Waals surface area contributed by atoms with Gasteiger partial charge in [0.25, 0.3) is 0 Å². The second-order valence-corrected chi connectivity index (χ2v) is 6.10. The summed E-state index contributed by atoms with van der Waals surface area (Å²) in [6, 6.07) is 1.83. The highest BCUT2D eigenvalue weighted by Gasteiger charge is 2.23. The van der Waals surface area contributed by atoms with Crippen LogP contribution >= 0.6 is 21.0 Å². The number of nitrogens with zero attached hydrogens (tertiary/aromatic N) is 1. The van der Waals surface area contributed by atoms with Gasteiger partial charge in [-0.05, 0) is 46.7 Å². The molecule has 78 valence electrons. The molecule has 0 spiro atoms. The van der Waals surface area contributed by atoms with Crippen LogP contribution in [0.3, 0.4) is 0 Å². The second-order valence-electron chi connectivity index (χ2n) is 3.71. The molecular weight excluding hydrogens is 293 g/mol. The van der Waals surface area contributed by atoms with E-state index in [1.54, 1.807) is 0 Å². The number of rotatable bonds is 2. The molecule has 1 aromatic heterocycles. The number of anilines is 1. The summed E-state index contributed by atoms with van der Waals surface area (Å²) in [7, 11) is 0. The van der Waals surface area contributed by atoms with Crippen molar-refractivity contribution in [3.63, 3.8) is 0 Å². The minimum atomic E-state index is -0.317. The van der Waals surface area contributed by atoms with E-state index < -0.39 is 0 Å². The lowest BCUT2D eigenvalue weighted by Gasteiger charge is -2.23. The Morgan fingerprint density at radius 1 is 1.43 bits per heavy atom. The van der Waals surface area contributed by atoms with Crippen molar-refractivity contribution in [2.75, 3.05) is 5.73 Å². The Hall–Kier alpha value is -0.460. The van der Waals surface area contributed by atoms with E-state index in [0.29, 0.717) is 15.7 Å². The molecule has 1 aliphatic carbocycles. The lowest BCUT2D eigenvalue weighted by molar-refractivity contribution is 0.394. The molecule has 0 saturated heterocycles. The summed E-state index contributed by atoms with van der Waals surface area (Å²) >= 11 is -0.317. The average molecular weight is 307 g/mol. The van der Waals surface area contributed by atoms with Crippen molar-refractivity contribution in [2.45, 2.75) is 35.5 Å². The summed E-state index contributed by atoms with van der Waals surface area (Å²) in [6.45, 7) is 0. The Labute approximate surface area is 93.2 Å². The van der Waals surface area contributed by atoms with E-state index >= 15 is 0 Å². The third-order valence-electron chi connectivity index (χ3n) is 2.78. The van der Waals surface area contributed by atoms with Crippen LogP contribution in [0.25, 0.3) is 0 Å². The number of nitrogens with two attached hydrogens (primary N) is 1. The molecule has 4 nitrogen and oxygen atoms in total. The molecule has 5 heteroatoms. The number of hydrogen-bond acceptors (Lipinski definition) is 4. The number of nitrogens with one attached hydrogen (secondary N) is 1. The SMILES string of the molecule is N=IC1CCC(c2cc(N)on2)CC1. The van der Waals surface area contributed by atoms with Gasteiger partial charge in [-0.2, -0.15) is 0 Å².